The molecule has 1 amide bonds. The number of carbonyl (C=O) groups excluding carboxylic acids is 1. The van der Waals surface area contributed by atoms with Gasteiger partial charge in [-0.15, -0.1) is 11.3 Å². The van der Waals surface area contributed by atoms with E-state index in [2.05, 4.69) is 10.3 Å². The minimum atomic E-state index is -1.10. The van der Waals surface area contributed by atoms with Gasteiger partial charge < -0.3 is 9.84 Å². The molecule has 0 saturated carbocycles. The second-order valence-corrected chi connectivity index (χ2v) is 3.57. The Balaban J connectivity index is 2.28. The lowest BCUT2D eigenvalue weighted by molar-refractivity contribution is -0.150. The van der Waals surface area contributed by atoms with Crippen LogP contribution in [0.25, 0.3) is 0 Å². The van der Waals surface area contributed by atoms with Crippen molar-refractivity contribution in [2.45, 2.75) is 13.0 Å². The van der Waals surface area contributed by atoms with Crippen LogP contribution in [0.4, 0.5) is 5.13 Å². The number of carboxylic acid groups (broad SMARTS) is 1. The molecule has 1 atom stereocenters. The van der Waals surface area contributed by atoms with Gasteiger partial charge in [-0.1, -0.05) is 0 Å². The maximum Gasteiger partial charge on any atom is 0.332 e. The quantitative estimate of drug-likeness (QED) is 0.772. The van der Waals surface area contributed by atoms with Crippen molar-refractivity contribution in [2.75, 3.05) is 11.9 Å². The number of ether oxygens (including phenoxy) is 1. The molecule has 1 aromatic rings. The average molecular weight is 230 g/mol. The van der Waals surface area contributed by atoms with Crippen molar-refractivity contribution in [2.24, 2.45) is 0 Å². The third-order valence-electron chi connectivity index (χ3n) is 1.49. The van der Waals surface area contributed by atoms with E-state index in [0.717, 1.165) is 0 Å². The van der Waals surface area contributed by atoms with Gasteiger partial charge in [-0.25, -0.2) is 9.78 Å². The van der Waals surface area contributed by atoms with E-state index < -0.39 is 18.0 Å². The first-order chi connectivity index (χ1) is 7.09. The van der Waals surface area contributed by atoms with E-state index in [1.165, 1.54) is 18.3 Å². The van der Waals surface area contributed by atoms with Gasteiger partial charge in [0.1, 0.15) is 6.61 Å². The fourth-order valence-electron chi connectivity index (χ4n) is 0.712. The molecule has 0 aromatic carbocycles. The Bertz CT molecular complexity index is 338. The first-order valence-corrected chi connectivity index (χ1v) is 5.01. The van der Waals surface area contributed by atoms with Crippen LogP contribution in [0.5, 0.6) is 0 Å². The number of carboxylic acids is 1. The Morgan fingerprint density at radius 1 is 1.73 bits per heavy atom. The number of aliphatic carboxylic acids is 1. The summed E-state index contributed by atoms with van der Waals surface area (Å²) in [5.74, 6) is -1.52. The minimum Gasteiger partial charge on any atom is -0.479 e. The summed E-state index contributed by atoms with van der Waals surface area (Å²) in [6, 6.07) is 0. The van der Waals surface area contributed by atoms with Gasteiger partial charge in [0.25, 0.3) is 5.91 Å². The zero-order valence-electron chi connectivity index (χ0n) is 7.97. The molecular formula is C8H10N2O4S. The van der Waals surface area contributed by atoms with Gasteiger partial charge >= 0.3 is 5.97 Å². The first-order valence-electron chi connectivity index (χ1n) is 4.13. The zero-order chi connectivity index (χ0) is 11.3. The predicted molar refractivity (Wildman–Crippen MR) is 53.8 cm³/mol. The van der Waals surface area contributed by atoms with Crippen LogP contribution in [-0.2, 0) is 14.3 Å². The molecule has 0 spiro atoms. The summed E-state index contributed by atoms with van der Waals surface area (Å²) in [4.78, 5) is 25.4. The Kier molecular flexibility index (Phi) is 4.19. The molecule has 82 valence electrons. The number of amides is 1. The molecule has 0 aliphatic rings. The van der Waals surface area contributed by atoms with Crippen LogP contribution in [0.1, 0.15) is 6.92 Å². The maximum atomic E-state index is 11.2. The predicted octanol–water partition coefficient (Wildman–Crippen LogP) is 0.571. The number of anilines is 1. The summed E-state index contributed by atoms with van der Waals surface area (Å²) in [5, 5.41) is 13.1. The molecule has 2 N–H and O–H groups in total. The van der Waals surface area contributed by atoms with Gasteiger partial charge in [0.2, 0.25) is 0 Å². The molecule has 1 aromatic heterocycles. The van der Waals surface area contributed by atoms with Crippen LogP contribution in [0.15, 0.2) is 11.6 Å². The van der Waals surface area contributed by atoms with E-state index in [9.17, 15) is 9.59 Å². The van der Waals surface area contributed by atoms with E-state index in [1.807, 2.05) is 0 Å². The number of hydrogen-bond acceptors (Lipinski definition) is 5. The standard InChI is InChI=1S/C8H10N2O4S/c1-5(7(12)13)14-4-6(11)10-8-9-2-3-15-8/h2-3,5H,4H2,1H3,(H,12,13)(H,9,10,11)/t5-/m1/s1. The van der Waals surface area contributed by atoms with Gasteiger partial charge in [0.05, 0.1) is 0 Å². The summed E-state index contributed by atoms with van der Waals surface area (Å²) < 4.78 is 4.78. The average Bonchev–Trinajstić information content (AvgIpc) is 2.66. The molecule has 0 fully saturated rings. The number of hydrogen-bond donors (Lipinski definition) is 2. The number of aromatic nitrogens is 1. The third-order valence-corrected chi connectivity index (χ3v) is 2.18. The van der Waals surface area contributed by atoms with E-state index >= 15 is 0 Å². The summed E-state index contributed by atoms with van der Waals surface area (Å²) in [6.45, 7) is 1.06. The summed E-state index contributed by atoms with van der Waals surface area (Å²) in [7, 11) is 0. The van der Waals surface area contributed by atoms with Crippen molar-refractivity contribution < 1.29 is 19.4 Å². The van der Waals surface area contributed by atoms with Gasteiger partial charge in [-0.05, 0) is 6.92 Å². The highest BCUT2D eigenvalue weighted by atomic mass is 32.1. The molecule has 0 aliphatic heterocycles. The number of thiazole rings is 1. The minimum absolute atomic E-state index is 0.299. The fraction of sp³-hybridized carbons (Fsp3) is 0.375. The van der Waals surface area contributed by atoms with Crippen molar-refractivity contribution in [1.82, 2.24) is 4.98 Å². The SMILES string of the molecule is C[C@@H](OCC(=O)Nc1nccs1)C(=O)O. The van der Waals surface area contributed by atoms with E-state index in [1.54, 1.807) is 11.6 Å². The molecule has 1 rings (SSSR count). The molecular weight excluding hydrogens is 220 g/mol. The zero-order valence-corrected chi connectivity index (χ0v) is 8.78. The lowest BCUT2D eigenvalue weighted by atomic mass is 10.4. The fourth-order valence-corrected chi connectivity index (χ4v) is 1.26. The molecule has 15 heavy (non-hydrogen) atoms. The summed E-state index contributed by atoms with van der Waals surface area (Å²) >= 11 is 1.28. The van der Waals surface area contributed by atoms with Crippen LogP contribution < -0.4 is 5.32 Å². The van der Waals surface area contributed by atoms with Crippen LogP contribution in [0, 0.1) is 0 Å². The summed E-state index contributed by atoms with van der Waals surface area (Å²) in [5.41, 5.74) is 0. The molecule has 6 nitrogen and oxygen atoms in total. The smallest absolute Gasteiger partial charge is 0.332 e. The highest BCUT2D eigenvalue weighted by molar-refractivity contribution is 7.13. The second kappa shape index (κ2) is 5.42. The molecule has 1 heterocycles. The number of nitrogens with one attached hydrogen (secondary N) is 1. The largest absolute Gasteiger partial charge is 0.479 e. The molecule has 7 heteroatoms. The molecule has 0 unspecified atom stereocenters. The van der Waals surface area contributed by atoms with Crippen molar-refractivity contribution in [3.05, 3.63) is 11.6 Å². The number of rotatable bonds is 5. The molecule has 0 saturated heterocycles. The topological polar surface area (TPSA) is 88.5 Å². The highest BCUT2D eigenvalue weighted by Gasteiger charge is 2.13. The lowest BCUT2D eigenvalue weighted by Crippen LogP contribution is -2.26. The second-order valence-electron chi connectivity index (χ2n) is 2.68. The van der Waals surface area contributed by atoms with Gasteiger partial charge in [0.15, 0.2) is 11.2 Å². The Hall–Kier alpha value is -1.47. The van der Waals surface area contributed by atoms with E-state index in [0.29, 0.717) is 5.13 Å². The van der Waals surface area contributed by atoms with Crippen LogP contribution in [0.3, 0.4) is 0 Å². The van der Waals surface area contributed by atoms with Crippen LogP contribution in [0.2, 0.25) is 0 Å². The molecule has 0 bridgehead atoms. The summed E-state index contributed by atoms with van der Waals surface area (Å²) in [6.07, 6.45) is 0.563. The molecule has 0 radical (unpaired) electrons. The van der Waals surface area contributed by atoms with Gasteiger partial charge in [0, 0.05) is 11.6 Å². The number of carbonyl (C=O) groups is 2. The lowest BCUT2D eigenvalue weighted by Gasteiger charge is -2.07. The Morgan fingerprint density at radius 2 is 2.47 bits per heavy atom. The Morgan fingerprint density at radius 3 is 3.00 bits per heavy atom. The van der Waals surface area contributed by atoms with Crippen LogP contribution >= 0.6 is 11.3 Å². The molecule has 0 aliphatic carbocycles. The monoisotopic (exact) mass is 230 g/mol. The third kappa shape index (κ3) is 4.05. The van der Waals surface area contributed by atoms with Crippen molar-refractivity contribution >= 4 is 28.3 Å². The Labute approximate surface area is 89.9 Å². The maximum absolute atomic E-state index is 11.2. The normalized spacial score (nSPS) is 12.1. The van der Waals surface area contributed by atoms with Crippen molar-refractivity contribution in [3.63, 3.8) is 0 Å². The van der Waals surface area contributed by atoms with Gasteiger partial charge in [-0.3, -0.25) is 10.1 Å². The highest BCUT2D eigenvalue weighted by Crippen LogP contribution is 2.09. The first kappa shape index (κ1) is 11.6. The van der Waals surface area contributed by atoms with Crippen molar-refractivity contribution in [1.29, 1.82) is 0 Å². The number of nitrogens with zero attached hydrogens (tertiary/aromatic N) is 1. The van der Waals surface area contributed by atoms with E-state index in [-0.39, 0.29) is 6.61 Å². The van der Waals surface area contributed by atoms with Crippen molar-refractivity contribution in [3.8, 4) is 0 Å². The van der Waals surface area contributed by atoms with E-state index in [4.69, 9.17) is 9.84 Å². The van der Waals surface area contributed by atoms with Gasteiger partial charge in [-0.2, -0.15) is 0 Å². The van der Waals surface area contributed by atoms with Crippen LogP contribution in [-0.4, -0.2) is 34.7 Å².